The van der Waals surface area contributed by atoms with E-state index in [0.717, 1.165) is 6.07 Å². The summed E-state index contributed by atoms with van der Waals surface area (Å²) in [6, 6.07) is 6.33. The SMILES string of the molecule is CCOC(=O)Cn1nc2cc(NC3(c4c(F)ccc(Cl)c4Cl)CN(C(=O)OC(C)(C)C)C3)ccc2c1C(F)(F)F. The van der Waals surface area contributed by atoms with Crippen LogP contribution in [-0.2, 0) is 32.5 Å². The summed E-state index contributed by atoms with van der Waals surface area (Å²) in [4.78, 5) is 25.9. The van der Waals surface area contributed by atoms with Crippen LogP contribution in [0, 0.1) is 5.82 Å². The van der Waals surface area contributed by atoms with Gasteiger partial charge < -0.3 is 19.7 Å². The Bertz CT molecular complexity index is 1460. The van der Waals surface area contributed by atoms with E-state index in [-0.39, 0.29) is 51.9 Å². The molecule has 0 bridgehead atoms. The van der Waals surface area contributed by atoms with E-state index in [4.69, 9.17) is 32.7 Å². The molecule has 2 aromatic carbocycles. The van der Waals surface area contributed by atoms with Crippen molar-refractivity contribution in [1.29, 1.82) is 0 Å². The van der Waals surface area contributed by atoms with Crippen LogP contribution < -0.4 is 5.32 Å². The molecule has 8 nitrogen and oxygen atoms in total. The lowest BCUT2D eigenvalue weighted by atomic mass is 9.81. The average molecular weight is 605 g/mol. The highest BCUT2D eigenvalue weighted by atomic mass is 35.5. The molecule has 0 spiro atoms. The first-order chi connectivity index (χ1) is 18.5. The molecule has 4 rings (SSSR count). The minimum absolute atomic E-state index is 0.0000581. The number of carbonyl (C=O) groups excluding carboxylic acids is 2. The van der Waals surface area contributed by atoms with Crippen molar-refractivity contribution in [2.24, 2.45) is 0 Å². The van der Waals surface area contributed by atoms with Gasteiger partial charge in [0.2, 0.25) is 0 Å². The van der Waals surface area contributed by atoms with E-state index in [1.165, 1.54) is 36.1 Å². The predicted molar refractivity (Wildman–Crippen MR) is 141 cm³/mol. The number of fused-ring (bicyclic) bond motifs is 1. The molecule has 1 N–H and O–H groups in total. The Morgan fingerprint density at radius 3 is 2.40 bits per heavy atom. The molecule has 1 saturated heterocycles. The number of rotatable bonds is 6. The van der Waals surface area contributed by atoms with Gasteiger partial charge >= 0.3 is 18.2 Å². The fourth-order valence-corrected chi connectivity index (χ4v) is 5.05. The third-order valence-corrected chi connectivity index (χ3v) is 6.88. The van der Waals surface area contributed by atoms with E-state index < -0.39 is 47.4 Å². The van der Waals surface area contributed by atoms with Crippen molar-refractivity contribution in [3.05, 3.63) is 57.5 Å². The Labute approximate surface area is 237 Å². The van der Waals surface area contributed by atoms with E-state index in [0.29, 0.717) is 4.68 Å². The summed E-state index contributed by atoms with van der Waals surface area (Å²) in [5, 5.41) is 6.89. The third kappa shape index (κ3) is 5.92. The van der Waals surface area contributed by atoms with Crippen molar-refractivity contribution in [2.75, 3.05) is 25.0 Å². The van der Waals surface area contributed by atoms with Gasteiger partial charge in [-0.2, -0.15) is 18.3 Å². The van der Waals surface area contributed by atoms with E-state index in [9.17, 15) is 22.8 Å². The van der Waals surface area contributed by atoms with Gasteiger partial charge in [-0.3, -0.25) is 4.79 Å². The number of esters is 1. The Hall–Kier alpha value is -3.25. The van der Waals surface area contributed by atoms with Gasteiger partial charge in [0, 0.05) is 16.6 Å². The highest BCUT2D eigenvalue weighted by Gasteiger charge is 2.51. The number of amides is 1. The third-order valence-electron chi connectivity index (χ3n) is 6.07. The Morgan fingerprint density at radius 1 is 1.12 bits per heavy atom. The Morgan fingerprint density at radius 2 is 1.80 bits per heavy atom. The zero-order chi connectivity index (χ0) is 29.6. The maximum absolute atomic E-state index is 15.2. The van der Waals surface area contributed by atoms with Crippen molar-refractivity contribution in [3.63, 3.8) is 0 Å². The lowest BCUT2D eigenvalue weighted by Gasteiger charge is -2.51. The van der Waals surface area contributed by atoms with Crippen LogP contribution in [0.15, 0.2) is 30.3 Å². The number of ether oxygens (including phenoxy) is 2. The molecule has 1 fully saturated rings. The molecule has 14 heteroatoms. The normalized spacial score (nSPS) is 15.1. The van der Waals surface area contributed by atoms with E-state index in [1.807, 2.05) is 0 Å². The molecule has 1 aromatic heterocycles. The second kappa shape index (κ2) is 10.6. The fraction of sp³-hybridized carbons (Fsp3) is 0.423. The highest BCUT2D eigenvalue weighted by Crippen LogP contribution is 2.44. The van der Waals surface area contributed by atoms with Crippen LogP contribution in [0.25, 0.3) is 10.9 Å². The largest absolute Gasteiger partial charge is 0.465 e. The molecule has 0 unspecified atom stereocenters. The fourth-order valence-electron chi connectivity index (χ4n) is 4.56. The first-order valence-electron chi connectivity index (χ1n) is 12.2. The quantitative estimate of drug-likeness (QED) is 0.193. The van der Waals surface area contributed by atoms with E-state index >= 15 is 4.39 Å². The lowest BCUT2D eigenvalue weighted by Crippen LogP contribution is -2.66. The summed E-state index contributed by atoms with van der Waals surface area (Å²) in [5.74, 6) is -1.56. The van der Waals surface area contributed by atoms with Gasteiger partial charge in [-0.1, -0.05) is 23.2 Å². The molecule has 0 aliphatic carbocycles. The number of halogens is 6. The van der Waals surface area contributed by atoms with Crippen LogP contribution in [-0.4, -0.2) is 52.0 Å². The first-order valence-corrected chi connectivity index (χ1v) is 12.9. The summed E-state index contributed by atoms with van der Waals surface area (Å²) in [5.41, 5.74) is -2.99. The number of alkyl halides is 3. The Kier molecular flexibility index (Phi) is 7.89. The molecule has 1 aliphatic rings. The van der Waals surface area contributed by atoms with Crippen molar-refractivity contribution < 1.29 is 36.6 Å². The maximum Gasteiger partial charge on any atom is 0.433 e. The number of benzene rings is 2. The maximum atomic E-state index is 15.2. The van der Waals surface area contributed by atoms with Crippen LogP contribution in [0.3, 0.4) is 0 Å². The number of hydrogen-bond acceptors (Lipinski definition) is 6. The first kappa shape index (κ1) is 29.7. The van der Waals surface area contributed by atoms with E-state index in [2.05, 4.69) is 10.4 Å². The second-order valence-electron chi connectivity index (χ2n) is 10.3. The van der Waals surface area contributed by atoms with Gasteiger partial charge in [-0.25, -0.2) is 13.9 Å². The van der Waals surface area contributed by atoms with Gasteiger partial charge in [0.1, 0.15) is 23.5 Å². The summed E-state index contributed by atoms with van der Waals surface area (Å²) >= 11 is 12.6. The number of anilines is 1. The second-order valence-corrected chi connectivity index (χ2v) is 11.1. The van der Waals surface area contributed by atoms with Crippen molar-refractivity contribution in [1.82, 2.24) is 14.7 Å². The number of nitrogens with one attached hydrogen (secondary N) is 1. The summed E-state index contributed by atoms with van der Waals surface area (Å²) < 4.78 is 67.7. The molecule has 2 heterocycles. The monoisotopic (exact) mass is 604 g/mol. The molecular weight excluding hydrogens is 579 g/mol. The molecule has 1 amide bonds. The summed E-state index contributed by atoms with van der Waals surface area (Å²) in [7, 11) is 0. The van der Waals surface area contributed by atoms with Gasteiger partial charge in [0.15, 0.2) is 5.69 Å². The smallest absolute Gasteiger partial charge is 0.433 e. The van der Waals surface area contributed by atoms with Crippen molar-refractivity contribution >= 4 is 51.9 Å². The van der Waals surface area contributed by atoms with Crippen LogP contribution >= 0.6 is 23.2 Å². The minimum Gasteiger partial charge on any atom is -0.465 e. The van der Waals surface area contributed by atoms with Gasteiger partial charge in [-0.15, -0.1) is 0 Å². The summed E-state index contributed by atoms with van der Waals surface area (Å²) in [6.45, 7) is 5.75. The standard InChI is InChI=1S/C26H26Cl2F4N4O4/c1-5-39-19(37)11-36-22(26(30,31)32)15-7-6-14(10-18(15)34-36)33-25(20-17(29)9-8-16(27)21(20)28)12-35(13-25)23(38)40-24(2,3)4/h6-10,33H,5,11-13H2,1-4H3. The number of likely N-dealkylation sites (tertiary alicyclic amines) is 1. The average Bonchev–Trinajstić information content (AvgIpc) is 3.15. The van der Waals surface area contributed by atoms with Crippen LogP contribution in [0.4, 0.5) is 28.0 Å². The number of nitrogens with zero attached hydrogens (tertiary/aromatic N) is 3. The summed E-state index contributed by atoms with van der Waals surface area (Å²) in [6.07, 6.45) is -5.44. The van der Waals surface area contributed by atoms with Gasteiger partial charge in [0.25, 0.3) is 0 Å². The van der Waals surface area contributed by atoms with E-state index in [1.54, 1.807) is 20.8 Å². The molecule has 216 valence electrons. The predicted octanol–water partition coefficient (Wildman–Crippen LogP) is 6.62. The van der Waals surface area contributed by atoms with Crippen molar-refractivity contribution in [3.8, 4) is 0 Å². The van der Waals surface area contributed by atoms with Crippen LogP contribution in [0.5, 0.6) is 0 Å². The zero-order valence-electron chi connectivity index (χ0n) is 22.0. The molecule has 1 aliphatic heterocycles. The number of aromatic nitrogens is 2. The highest BCUT2D eigenvalue weighted by molar-refractivity contribution is 6.42. The number of carbonyl (C=O) groups is 2. The molecule has 0 radical (unpaired) electrons. The Balaban J connectivity index is 1.74. The van der Waals surface area contributed by atoms with Crippen LogP contribution in [0.2, 0.25) is 10.0 Å². The zero-order valence-corrected chi connectivity index (χ0v) is 23.5. The molecular formula is C26H26Cl2F4N4O4. The topological polar surface area (TPSA) is 85.7 Å². The van der Waals surface area contributed by atoms with Gasteiger partial charge in [-0.05, 0) is 58.0 Å². The van der Waals surface area contributed by atoms with Crippen molar-refractivity contribution in [2.45, 2.75) is 51.6 Å². The molecule has 0 saturated carbocycles. The minimum atomic E-state index is -4.81. The molecule has 0 atom stereocenters. The lowest BCUT2D eigenvalue weighted by molar-refractivity contribution is -0.148. The molecule has 3 aromatic rings. The number of hydrogen-bond donors (Lipinski definition) is 1. The van der Waals surface area contributed by atoms with Gasteiger partial charge in [0.05, 0.1) is 35.3 Å². The van der Waals surface area contributed by atoms with Crippen LogP contribution in [0.1, 0.15) is 39.0 Å². The molecule has 40 heavy (non-hydrogen) atoms.